The van der Waals surface area contributed by atoms with Crippen LogP contribution in [0, 0.1) is 0 Å². The molecule has 4 aromatic rings. The van der Waals surface area contributed by atoms with Crippen molar-refractivity contribution in [1.82, 2.24) is 9.55 Å². The number of anilines is 1. The highest BCUT2D eigenvalue weighted by molar-refractivity contribution is 8.00. The summed E-state index contributed by atoms with van der Waals surface area (Å²) in [4.78, 5) is 30.2. The maximum Gasteiger partial charge on any atom is 0.316 e. The molecule has 0 unspecified atom stereocenters. The fourth-order valence-electron chi connectivity index (χ4n) is 3.45. The molecule has 2 aromatic heterocycles. The van der Waals surface area contributed by atoms with Gasteiger partial charge in [0, 0.05) is 28.2 Å². The number of carbonyl (C=O) groups is 2. The van der Waals surface area contributed by atoms with Crippen LogP contribution in [-0.4, -0.2) is 33.8 Å². The first-order valence-electron chi connectivity index (χ1n) is 10.3. The smallest absolute Gasteiger partial charge is 0.316 e. The van der Waals surface area contributed by atoms with Gasteiger partial charge in [0.15, 0.2) is 0 Å². The van der Waals surface area contributed by atoms with Gasteiger partial charge in [-0.2, -0.15) is 0 Å². The minimum Gasteiger partial charge on any atom is -0.465 e. The van der Waals surface area contributed by atoms with E-state index in [2.05, 4.69) is 10.3 Å². The number of amides is 1. The molecule has 1 N–H and O–H groups in total. The number of rotatable bonds is 8. The number of nitrogens with one attached hydrogen (secondary N) is 1. The van der Waals surface area contributed by atoms with Gasteiger partial charge in [0.25, 0.3) is 5.91 Å². The maximum absolute atomic E-state index is 13.2. The second-order valence-corrected chi connectivity index (χ2v) is 8.07. The Bertz CT molecular complexity index is 1240. The third-order valence-corrected chi connectivity index (χ3v) is 5.92. The molecule has 6 nitrogen and oxygen atoms in total. The third kappa shape index (κ3) is 5.00. The number of pyridine rings is 1. The molecule has 0 fully saturated rings. The molecule has 0 saturated carbocycles. The largest absolute Gasteiger partial charge is 0.465 e. The molecule has 0 atom stereocenters. The van der Waals surface area contributed by atoms with E-state index >= 15 is 0 Å². The number of hydrogen-bond donors (Lipinski definition) is 1. The molecule has 0 radical (unpaired) electrons. The predicted molar refractivity (Wildman–Crippen MR) is 127 cm³/mol. The Balaban J connectivity index is 1.58. The lowest BCUT2D eigenvalue weighted by Gasteiger charge is -2.10. The molecule has 4 rings (SSSR count). The van der Waals surface area contributed by atoms with Crippen molar-refractivity contribution in [3.8, 4) is 0 Å². The highest BCUT2D eigenvalue weighted by Gasteiger charge is 2.17. The van der Waals surface area contributed by atoms with Crippen LogP contribution in [0.2, 0.25) is 0 Å². The third-order valence-electron chi connectivity index (χ3n) is 4.88. The number of thioether (sulfide) groups is 1. The number of nitrogens with zero attached hydrogens (tertiary/aromatic N) is 2. The average molecular weight is 446 g/mol. The van der Waals surface area contributed by atoms with Crippen LogP contribution in [0.1, 0.15) is 23.0 Å². The fraction of sp³-hybridized carbons (Fsp3) is 0.160. The number of aromatic nitrogens is 2. The van der Waals surface area contributed by atoms with Gasteiger partial charge in [-0.25, -0.2) is 0 Å². The van der Waals surface area contributed by atoms with Crippen molar-refractivity contribution in [2.75, 3.05) is 17.7 Å². The SMILES string of the molecule is CCOC(=O)CSc1ccccc1NC(=O)c1cn(Cc2ccccn2)c2ccccc12. The molecule has 0 saturated heterocycles. The number of ether oxygens (including phenoxy) is 1. The normalized spacial score (nSPS) is 10.8. The molecule has 1 amide bonds. The van der Waals surface area contributed by atoms with Gasteiger partial charge in [0.1, 0.15) is 0 Å². The van der Waals surface area contributed by atoms with Gasteiger partial charge in [-0.05, 0) is 37.3 Å². The van der Waals surface area contributed by atoms with Gasteiger partial charge in [0.2, 0.25) is 0 Å². The van der Waals surface area contributed by atoms with Crippen molar-refractivity contribution in [3.63, 3.8) is 0 Å². The van der Waals surface area contributed by atoms with Crippen molar-refractivity contribution in [1.29, 1.82) is 0 Å². The second kappa shape index (κ2) is 10.2. The summed E-state index contributed by atoms with van der Waals surface area (Å²) in [6.45, 7) is 2.70. The van der Waals surface area contributed by atoms with E-state index < -0.39 is 0 Å². The molecule has 2 heterocycles. The highest BCUT2D eigenvalue weighted by Crippen LogP contribution is 2.29. The van der Waals surface area contributed by atoms with Crippen LogP contribution in [0.5, 0.6) is 0 Å². The number of esters is 1. The van der Waals surface area contributed by atoms with Crippen LogP contribution in [0.15, 0.2) is 84.0 Å². The molecule has 2 aromatic carbocycles. The fourth-order valence-corrected chi connectivity index (χ4v) is 4.26. The van der Waals surface area contributed by atoms with Gasteiger partial charge >= 0.3 is 5.97 Å². The van der Waals surface area contributed by atoms with E-state index in [-0.39, 0.29) is 17.6 Å². The van der Waals surface area contributed by atoms with Crippen LogP contribution < -0.4 is 5.32 Å². The second-order valence-electron chi connectivity index (χ2n) is 7.05. The topological polar surface area (TPSA) is 73.2 Å². The summed E-state index contributed by atoms with van der Waals surface area (Å²) in [7, 11) is 0. The Morgan fingerprint density at radius 2 is 1.81 bits per heavy atom. The molecule has 0 bridgehead atoms. The van der Waals surface area contributed by atoms with Crippen molar-refractivity contribution >= 4 is 40.2 Å². The summed E-state index contributed by atoms with van der Waals surface area (Å²) in [5, 5.41) is 3.88. The van der Waals surface area contributed by atoms with E-state index in [4.69, 9.17) is 4.74 Å². The Kier molecular flexibility index (Phi) is 6.87. The molecule has 0 aliphatic carbocycles. The van der Waals surface area contributed by atoms with E-state index in [9.17, 15) is 9.59 Å². The molecule has 32 heavy (non-hydrogen) atoms. The Labute approximate surface area is 190 Å². The zero-order valence-corrected chi connectivity index (χ0v) is 18.5. The molecule has 0 aliphatic heterocycles. The lowest BCUT2D eigenvalue weighted by atomic mass is 10.1. The highest BCUT2D eigenvalue weighted by atomic mass is 32.2. The lowest BCUT2D eigenvalue weighted by Crippen LogP contribution is -2.13. The summed E-state index contributed by atoms with van der Waals surface area (Å²) in [5.41, 5.74) is 3.13. The molecule has 7 heteroatoms. The van der Waals surface area contributed by atoms with Crippen molar-refractivity contribution in [3.05, 3.63) is 90.4 Å². The van der Waals surface area contributed by atoms with E-state index in [0.717, 1.165) is 21.5 Å². The van der Waals surface area contributed by atoms with E-state index in [1.165, 1.54) is 11.8 Å². The summed E-state index contributed by atoms with van der Waals surface area (Å²) in [5.74, 6) is -0.300. The monoisotopic (exact) mass is 445 g/mol. The summed E-state index contributed by atoms with van der Waals surface area (Å²) >= 11 is 1.34. The summed E-state index contributed by atoms with van der Waals surface area (Å²) in [6.07, 6.45) is 3.63. The quantitative estimate of drug-likeness (QED) is 0.305. The van der Waals surface area contributed by atoms with Crippen molar-refractivity contribution in [2.45, 2.75) is 18.4 Å². The Morgan fingerprint density at radius 3 is 2.62 bits per heavy atom. The van der Waals surface area contributed by atoms with Crippen LogP contribution in [-0.2, 0) is 16.1 Å². The Hall–Kier alpha value is -3.58. The Morgan fingerprint density at radius 1 is 1.03 bits per heavy atom. The van der Waals surface area contributed by atoms with Gasteiger partial charge < -0.3 is 14.6 Å². The van der Waals surface area contributed by atoms with Gasteiger partial charge in [-0.1, -0.05) is 36.4 Å². The zero-order chi connectivity index (χ0) is 22.3. The first kappa shape index (κ1) is 21.6. The number of benzene rings is 2. The first-order valence-corrected chi connectivity index (χ1v) is 11.3. The zero-order valence-electron chi connectivity index (χ0n) is 17.7. The maximum atomic E-state index is 13.2. The minimum absolute atomic E-state index is 0.185. The predicted octanol–water partition coefficient (Wildman–Crippen LogP) is 4.99. The van der Waals surface area contributed by atoms with E-state index in [1.807, 2.05) is 77.5 Å². The van der Waals surface area contributed by atoms with Gasteiger partial charge in [-0.3, -0.25) is 14.6 Å². The number of para-hydroxylation sites is 2. The van der Waals surface area contributed by atoms with E-state index in [1.54, 1.807) is 13.1 Å². The van der Waals surface area contributed by atoms with Crippen LogP contribution in [0.3, 0.4) is 0 Å². The van der Waals surface area contributed by atoms with E-state index in [0.29, 0.717) is 24.4 Å². The van der Waals surface area contributed by atoms with Gasteiger partial charge in [-0.15, -0.1) is 11.8 Å². The number of carbonyl (C=O) groups excluding carboxylic acids is 2. The van der Waals surface area contributed by atoms with Crippen LogP contribution in [0.4, 0.5) is 5.69 Å². The first-order chi connectivity index (χ1) is 15.7. The molecule has 162 valence electrons. The minimum atomic E-state index is -0.281. The standard InChI is InChI=1S/C25H23N3O3S/c1-2-31-24(29)17-32-23-13-6-4-11-21(23)27-25(30)20-16-28(15-18-9-7-8-14-26-18)22-12-5-3-10-19(20)22/h3-14,16H,2,15,17H2,1H3,(H,27,30). The van der Waals surface area contributed by atoms with Crippen molar-refractivity contribution in [2.24, 2.45) is 0 Å². The summed E-state index contributed by atoms with van der Waals surface area (Å²) in [6, 6.07) is 21.1. The molecule has 0 aliphatic rings. The van der Waals surface area contributed by atoms with Crippen LogP contribution >= 0.6 is 11.8 Å². The molecular formula is C25H23N3O3S. The van der Waals surface area contributed by atoms with Crippen LogP contribution in [0.25, 0.3) is 10.9 Å². The number of fused-ring (bicyclic) bond motifs is 1. The summed E-state index contributed by atoms with van der Waals surface area (Å²) < 4.78 is 7.03. The van der Waals surface area contributed by atoms with Gasteiger partial charge in [0.05, 0.1) is 35.8 Å². The number of hydrogen-bond acceptors (Lipinski definition) is 5. The van der Waals surface area contributed by atoms with Crippen molar-refractivity contribution < 1.29 is 14.3 Å². The molecular weight excluding hydrogens is 422 g/mol. The lowest BCUT2D eigenvalue weighted by molar-refractivity contribution is -0.139. The molecule has 0 spiro atoms. The average Bonchev–Trinajstić information content (AvgIpc) is 3.18.